The van der Waals surface area contributed by atoms with E-state index in [1.54, 1.807) is 0 Å². The predicted molar refractivity (Wildman–Crippen MR) is 67.8 cm³/mol. The zero-order chi connectivity index (χ0) is 14.2. The Morgan fingerprint density at radius 1 is 1.47 bits per heavy atom. The Morgan fingerprint density at radius 3 is 2.79 bits per heavy atom. The minimum Gasteiger partial charge on any atom is -0.468 e. The van der Waals surface area contributed by atoms with Crippen molar-refractivity contribution in [3.63, 3.8) is 0 Å². The summed E-state index contributed by atoms with van der Waals surface area (Å²) in [6.45, 7) is -0.103. The van der Waals surface area contributed by atoms with Gasteiger partial charge in [0.15, 0.2) is 0 Å². The molecule has 0 bridgehead atoms. The third kappa shape index (κ3) is 2.37. The molecule has 0 radical (unpaired) electrons. The van der Waals surface area contributed by atoms with E-state index in [0.29, 0.717) is 0 Å². The number of hydrogen-bond donors (Lipinski definition) is 0. The van der Waals surface area contributed by atoms with Crippen LogP contribution in [0.4, 0.5) is 10.1 Å². The maximum absolute atomic E-state index is 13.2. The maximum Gasteiger partial charge on any atom is 0.321 e. The summed E-state index contributed by atoms with van der Waals surface area (Å²) in [6.07, 6.45) is 0. The van der Waals surface area contributed by atoms with Crippen molar-refractivity contribution in [2.75, 3.05) is 18.6 Å². The molecule has 0 aromatic heterocycles. The fourth-order valence-electron chi connectivity index (χ4n) is 1.81. The maximum atomic E-state index is 13.2. The van der Waals surface area contributed by atoms with E-state index in [1.807, 2.05) is 0 Å². The van der Waals surface area contributed by atoms with Crippen molar-refractivity contribution in [2.24, 2.45) is 0 Å². The fraction of sp³-hybridized carbons (Fsp3) is 0.250. The topological polar surface area (TPSA) is 63.7 Å². The molecule has 0 aliphatic carbocycles. The molecule has 1 aliphatic rings. The van der Waals surface area contributed by atoms with Gasteiger partial charge in [-0.2, -0.15) is 0 Å². The Balaban J connectivity index is 2.33. The number of benzene rings is 1. The van der Waals surface area contributed by atoms with Gasteiger partial charge in [-0.3, -0.25) is 14.4 Å². The third-order valence-electron chi connectivity index (χ3n) is 2.73. The number of esters is 1. The molecule has 1 unspecified atom stereocenters. The average molecular weight is 330 g/mol. The van der Waals surface area contributed by atoms with Gasteiger partial charge < -0.3 is 9.64 Å². The molecule has 1 aromatic rings. The highest BCUT2D eigenvalue weighted by Gasteiger charge is 2.37. The smallest absolute Gasteiger partial charge is 0.321 e. The SMILES string of the molecule is COC(=O)C(Br)CN1C(=O)C(=O)c2ccc(F)cc21. The summed E-state index contributed by atoms with van der Waals surface area (Å²) in [5.41, 5.74) is 0.305. The lowest BCUT2D eigenvalue weighted by atomic mass is 10.1. The number of carbonyl (C=O) groups excluding carboxylic acids is 3. The van der Waals surface area contributed by atoms with Crippen LogP contribution in [0.15, 0.2) is 18.2 Å². The number of amides is 1. The molecule has 5 nitrogen and oxygen atoms in total. The largest absolute Gasteiger partial charge is 0.468 e. The lowest BCUT2D eigenvalue weighted by molar-refractivity contribution is -0.139. The number of halogens is 2. The number of carbonyl (C=O) groups is 3. The van der Waals surface area contributed by atoms with E-state index in [0.717, 1.165) is 17.0 Å². The summed E-state index contributed by atoms with van der Waals surface area (Å²) in [5.74, 6) is -2.63. The Bertz CT molecular complexity index is 575. The van der Waals surface area contributed by atoms with Crippen molar-refractivity contribution >= 4 is 39.3 Å². The van der Waals surface area contributed by atoms with E-state index >= 15 is 0 Å². The Kier molecular flexibility index (Phi) is 3.66. The van der Waals surface area contributed by atoms with Crippen LogP contribution in [-0.2, 0) is 14.3 Å². The summed E-state index contributed by atoms with van der Waals surface area (Å²) in [6, 6.07) is 3.46. The Labute approximate surface area is 116 Å². The zero-order valence-electron chi connectivity index (χ0n) is 9.85. The number of anilines is 1. The highest BCUT2D eigenvalue weighted by molar-refractivity contribution is 9.10. The number of fused-ring (bicyclic) bond motifs is 1. The van der Waals surface area contributed by atoms with Gasteiger partial charge in [-0.05, 0) is 18.2 Å². The summed E-state index contributed by atoms with van der Waals surface area (Å²) >= 11 is 3.06. The van der Waals surface area contributed by atoms with Gasteiger partial charge in [0, 0.05) is 6.54 Å². The van der Waals surface area contributed by atoms with Crippen LogP contribution in [0.25, 0.3) is 0 Å². The Morgan fingerprint density at radius 2 is 2.16 bits per heavy atom. The molecule has 1 heterocycles. The van der Waals surface area contributed by atoms with Gasteiger partial charge in [0.1, 0.15) is 10.6 Å². The first-order valence-corrected chi connectivity index (χ1v) is 6.25. The molecule has 0 saturated heterocycles. The molecular formula is C12H9BrFNO4. The van der Waals surface area contributed by atoms with Crippen LogP contribution in [0.5, 0.6) is 0 Å². The van der Waals surface area contributed by atoms with E-state index in [1.165, 1.54) is 13.2 Å². The number of rotatable bonds is 3. The van der Waals surface area contributed by atoms with Gasteiger partial charge in [0.05, 0.1) is 18.4 Å². The fourth-order valence-corrected chi connectivity index (χ4v) is 2.29. The molecule has 1 aliphatic heterocycles. The summed E-state index contributed by atoms with van der Waals surface area (Å²) in [5, 5.41) is 0. The van der Waals surface area contributed by atoms with E-state index in [9.17, 15) is 18.8 Å². The average Bonchev–Trinajstić information content (AvgIpc) is 2.62. The predicted octanol–water partition coefficient (Wildman–Crippen LogP) is 1.29. The van der Waals surface area contributed by atoms with Crippen LogP contribution in [-0.4, -0.2) is 36.1 Å². The van der Waals surface area contributed by atoms with Crippen molar-refractivity contribution in [3.05, 3.63) is 29.6 Å². The van der Waals surface area contributed by atoms with Crippen LogP contribution < -0.4 is 4.90 Å². The van der Waals surface area contributed by atoms with Crippen LogP contribution >= 0.6 is 15.9 Å². The van der Waals surface area contributed by atoms with Gasteiger partial charge >= 0.3 is 5.97 Å². The molecule has 0 saturated carbocycles. The molecule has 1 atom stereocenters. The van der Waals surface area contributed by atoms with E-state index in [-0.39, 0.29) is 17.8 Å². The lowest BCUT2D eigenvalue weighted by Crippen LogP contribution is -2.37. The van der Waals surface area contributed by atoms with Crippen LogP contribution in [0.2, 0.25) is 0 Å². The van der Waals surface area contributed by atoms with Gasteiger partial charge in [0.2, 0.25) is 0 Å². The summed E-state index contributed by atoms with van der Waals surface area (Å²) < 4.78 is 17.7. The van der Waals surface area contributed by atoms with Crippen molar-refractivity contribution in [3.8, 4) is 0 Å². The van der Waals surface area contributed by atoms with Crippen molar-refractivity contribution in [2.45, 2.75) is 4.83 Å². The number of hydrogen-bond acceptors (Lipinski definition) is 4. The first kappa shape index (κ1) is 13.7. The first-order valence-electron chi connectivity index (χ1n) is 5.33. The van der Waals surface area contributed by atoms with E-state index < -0.39 is 28.3 Å². The van der Waals surface area contributed by atoms with Crippen molar-refractivity contribution < 1.29 is 23.5 Å². The monoisotopic (exact) mass is 329 g/mol. The molecule has 19 heavy (non-hydrogen) atoms. The summed E-state index contributed by atoms with van der Waals surface area (Å²) in [7, 11) is 1.21. The molecule has 1 aromatic carbocycles. The van der Waals surface area contributed by atoms with Gasteiger partial charge in [-0.15, -0.1) is 0 Å². The second kappa shape index (κ2) is 5.08. The van der Waals surface area contributed by atoms with Crippen molar-refractivity contribution in [1.82, 2.24) is 0 Å². The number of ketones is 1. The number of alkyl halides is 1. The quantitative estimate of drug-likeness (QED) is 0.476. The minimum atomic E-state index is -0.788. The number of nitrogens with zero attached hydrogens (tertiary/aromatic N) is 1. The van der Waals surface area contributed by atoms with Gasteiger partial charge in [-0.25, -0.2) is 4.39 Å². The third-order valence-corrected chi connectivity index (χ3v) is 3.40. The number of methoxy groups -OCH3 is 1. The highest BCUT2D eigenvalue weighted by atomic mass is 79.9. The minimum absolute atomic E-state index is 0.103. The standard InChI is InChI=1S/C12H9BrFNO4/c1-19-12(18)8(13)5-15-9-4-6(14)2-3-7(9)10(16)11(15)17/h2-4,8H,5H2,1H3. The first-order chi connectivity index (χ1) is 8.95. The number of ether oxygens (including phenoxy) is 1. The zero-order valence-corrected chi connectivity index (χ0v) is 11.4. The Hall–Kier alpha value is -1.76. The normalized spacial score (nSPS) is 15.4. The molecule has 0 spiro atoms. The molecule has 2 rings (SSSR count). The molecule has 100 valence electrons. The number of Topliss-reactive ketones (excluding diaryl/α,β-unsaturated/α-hetero) is 1. The van der Waals surface area contributed by atoms with E-state index in [4.69, 9.17) is 0 Å². The molecule has 0 N–H and O–H groups in total. The molecular weight excluding hydrogens is 321 g/mol. The second-order valence-corrected chi connectivity index (χ2v) is 5.00. The summed E-state index contributed by atoms with van der Waals surface area (Å²) in [4.78, 5) is 35.1. The van der Waals surface area contributed by atoms with Crippen LogP contribution in [0.1, 0.15) is 10.4 Å². The molecule has 0 fully saturated rings. The van der Waals surface area contributed by atoms with Gasteiger partial charge in [0.25, 0.3) is 11.7 Å². The lowest BCUT2D eigenvalue weighted by Gasteiger charge is -2.18. The van der Waals surface area contributed by atoms with Crippen LogP contribution in [0.3, 0.4) is 0 Å². The molecule has 1 amide bonds. The highest BCUT2D eigenvalue weighted by Crippen LogP contribution is 2.30. The van der Waals surface area contributed by atoms with E-state index in [2.05, 4.69) is 20.7 Å². The van der Waals surface area contributed by atoms with Crippen LogP contribution in [0, 0.1) is 5.82 Å². The second-order valence-electron chi connectivity index (χ2n) is 3.90. The molecule has 7 heteroatoms. The van der Waals surface area contributed by atoms with Gasteiger partial charge in [-0.1, -0.05) is 15.9 Å². The van der Waals surface area contributed by atoms with Crippen molar-refractivity contribution in [1.29, 1.82) is 0 Å².